The second-order valence-electron chi connectivity index (χ2n) is 5.00. The maximum atomic E-state index is 11.5. The third-order valence-corrected chi connectivity index (χ3v) is 2.58. The van der Waals surface area contributed by atoms with Crippen molar-refractivity contribution < 1.29 is 4.79 Å². The lowest BCUT2D eigenvalue weighted by atomic mass is 10.2. The van der Waals surface area contributed by atoms with E-state index in [-0.39, 0.29) is 11.9 Å². The third-order valence-electron chi connectivity index (χ3n) is 2.58. The molecule has 0 unspecified atom stereocenters. The minimum absolute atomic E-state index is 0.0450. The van der Waals surface area contributed by atoms with E-state index in [1.807, 2.05) is 45.0 Å². The first kappa shape index (κ1) is 16.0. The molecule has 0 aliphatic carbocycles. The molecule has 20 heavy (non-hydrogen) atoms. The Morgan fingerprint density at radius 2 is 1.95 bits per heavy atom. The minimum atomic E-state index is 0.0450. The Morgan fingerprint density at radius 1 is 1.30 bits per heavy atom. The van der Waals surface area contributed by atoms with Crippen LogP contribution < -0.4 is 16.4 Å². The van der Waals surface area contributed by atoms with Crippen LogP contribution in [0, 0.1) is 0 Å². The first-order chi connectivity index (χ1) is 9.51. The van der Waals surface area contributed by atoms with E-state index >= 15 is 0 Å². The Balaban J connectivity index is 2.52. The van der Waals surface area contributed by atoms with Gasteiger partial charge in [-0.15, -0.1) is 0 Å². The summed E-state index contributed by atoms with van der Waals surface area (Å²) in [7, 11) is 0. The first-order valence-corrected chi connectivity index (χ1v) is 6.96. The number of carbonyl (C=O) groups is 1. The fraction of sp³-hybridized carbons (Fsp3) is 0.467. The highest BCUT2D eigenvalue weighted by Crippen LogP contribution is 2.11. The zero-order valence-electron chi connectivity index (χ0n) is 12.4. The maximum absolute atomic E-state index is 11.5. The molecular formula is C15H24N4O. The fourth-order valence-electron chi connectivity index (χ4n) is 1.66. The number of nitrogens with two attached hydrogens (primary N) is 1. The average Bonchev–Trinajstić information content (AvgIpc) is 2.37. The van der Waals surface area contributed by atoms with Crippen LogP contribution in [0.4, 0.5) is 5.69 Å². The summed E-state index contributed by atoms with van der Waals surface area (Å²) in [5, 5.41) is 5.88. The lowest BCUT2D eigenvalue weighted by molar-refractivity contribution is -0.116. The molecular weight excluding hydrogens is 252 g/mol. The molecule has 1 rings (SSSR count). The number of amides is 1. The number of nitrogens with zero attached hydrogens (tertiary/aromatic N) is 1. The predicted molar refractivity (Wildman–Crippen MR) is 83.6 cm³/mol. The van der Waals surface area contributed by atoms with Crippen molar-refractivity contribution in [2.75, 3.05) is 5.32 Å². The van der Waals surface area contributed by atoms with E-state index in [2.05, 4.69) is 15.6 Å². The van der Waals surface area contributed by atoms with Crippen LogP contribution in [0.1, 0.15) is 39.2 Å². The standard InChI is InChI=1S/C15H24N4O/c1-4-5-14(20)19-13-8-6-12(7-9-13)10-17-15(16)18-11(2)3/h6-9,11H,4-5,10H2,1-3H3,(H,19,20)(H3,16,17,18). The molecule has 5 heteroatoms. The summed E-state index contributed by atoms with van der Waals surface area (Å²) in [6.07, 6.45) is 1.39. The summed E-state index contributed by atoms with van der Waals surface area (Å²) in [5.41, 5.74) is 7.59. The Bertz CT molecular complexity index is 451. The van der Waals surface area contributed by atoms with Gasteiger partial charge in [0.15, 0.2) is 5.96 Å². The molecule has 0 atom stereocenters. The van der Waals surface area contributed by atoms with Crippen molar-refractivity contribution in [2.24, 2.45) is 10.7 Å². The molecule has 5 nitrogen and oxygen atoms in total. The number of anilines is 1. The number of aliphatic imine (C=N–C) groups is 1. The normalized spacial score (nSPS) is 11.5. The molecule has 0 heterocycles. The van der Waals surface area contributed by atoms with E-state index in [1.165, 1.54) is 0 Å². The molecule has 0 aromatic heterocycles. The molecule has 0 saturated carbocycles. The van der Waals surface area contributed by atoms with Gasteiger partial charge < -0.3 is 16.4 Å². The monoisotopic (exact) mass is 276 g/mol. The van der Waals surface area contributed by atoms with Gasteiger partial charge in [0.25, 0.3) is 0 Å². The number of hydrogen-bond donors (Lipinski definition) is 3. The first-order valence-electron chi connectivity index (χ1n) is 6.96. The highest BCUT2D eigenvalue weighted by Gasteiger charge is 2.01. The summed E-state index contributed by atoms with van der Waals surface area (Å²) in [6, 6.07) is 7.91. The van der Waals surface area contributed by atoms with Gasteiger partial charge in [-0.05, 0) is 38.0 Å². The SMILES string of the molecule is CCCC(=O)Nc1ccc(CN=C(N)NC(C)C)cc1. The molecule has 4 N–H and O–H groups in total. The molecule has 1 aromatic carbocycles. The van der Waals surface area contributed by atoms with Gasteiger partial charge in [0.05, 0.1) is 6.54 Å². The highest BCUT2D eigenvalue weighted by molar-refractivity contribution is 5.90. The van der Waals surface area contributed by atoms with Crippen molar-refractivity contribution in [2.45, 2.75) is 46.2 Å². The van der Waals surface area contributed by atoms with E-state index in [4.69, 9.17) is 5.73 Å². The van der Waals surface area contributed by atoms with Crippen molar-refractivity contribution in [3.05, 3.63) is 29.8 Å². The number of nitrogens with one attached hydrogen (secondary N) is 2. The minimum Gasteiger partial charge on any atom is -0.370 e. The Hall–Kier alpha value is -2.04. The number of benzene rings is 1. The van der Waals surface area contributed by atoms with Gasteiger partial charge in [0.1, 0.15) is 0 Å². The summed E-state index contributed by atoms with van der Waals surface area (Å²) in [6.45, 7) is 6.53. The highest BCUT2D eigenvalue weighted by atomic mass is 16.1. The van der Waals surface area contributed by atoms with Crippen LogP contribution in [0.5, 0.6) is 0 Å². The lowest BCUT2D eigenvalue weighted by Crippen LogP contribution is -2.36. The van der Waals surface area contributed by atoms with Crippen molar-refractivity contribution in [1.29, 1.82) is 0 Å². The van der Waals surface area contributed by atoms with Crippen molar-refractivity contribution >= 4 is 17.6 Å². The van der Waals surface area contributed by atoms with E-state index < -0.39 is 0 Å². The van der Waals surface area contributed by atoms with Crippen molar-refractivity contribution in [1.82, 2.24) is 5.32 Å². The quantitative estimate of drug-likeness (QED) is 0.550. The predicted octanol–water partition coefficient (Wildman–Crippen LogP) is 2.24. The number of carbonyl (C=O) groups excluding carboxylic acids is 1. The molecule has 0 spiro atoms. The van der Waals surface area contributed by atoms with Crippen molar-refractivity contribution in [3.8, 4) is 0 Å². The van der Waals surface area contributed by atoms with Gasteiger partial charge in [-0.1, -0.05) is 19.1 Å². The Labute approximate surface area is 120 Å². The smallest absolute Gasteiger partial charge is 0.224 e. The molecule has 0 aliphatic heterocycles. The largest absolute Gasteiger partial charge is 0.370 e. The van der Waals surface area contributed by atoms with Crippen LogP contribution in [0.2, 0.25) is 0 Å². The van der Waals surface area contributed by atoms with Crippen LogP contribution in [0.25, 0.3) is 0 Å². The van der Waals surface area contributed by atoms with Crippen LogP contribution in [0.15, 0.2) is 29.3 Å². The molecule has 110 valence electrons. The van der Waals surface area contributed by atoms with Gasteiger partial charge in [-0.25, -0.2) is 4.99 Å². The molecule has 0 fully saturated rings. The second-order valence-corrected chi connectivity index (χ2v) is 5.00. The summed E-state index contributed by atoms with van der Waals surface area (Å²) in [4.78, 5) is 15.7. The molecule has 0 saturated heterocycles. The van der Waals surface area contributed by atoms with Gasteiger partial charge >= 0.3 is 0 Å². The van der Waals surface area contributed by atoms with Gasteiger partial charge in [-0.2, -0.15) is 0 Å². The van der Waals surface area contributed by atoms with Crippen LogP contribution in [0.3, 0.4) is 0 Å². The van der Waals surface area contributed by atoms with Crippen LogP contribution in [-0.2, 0) is 11.3 Å². The second kappa shape index (κ2) is 8.19. The number of guanidine groups is 1. The van der Waals surface area contributed by atoms with E-state index in [1.54, 1.807) is 0 Å². The van der Waals surface area contributed by atoms with Gasteiger partial charge in [0.2, 0.25) is 5.91 Å². The molecule has 0 aliphatic rings. The third kappa shape index (κ3) is 6.22. The Kier molecular flexibility index (Phi) is 6.56. The van der Waals surface area contributed by atoms with Gasteiger partial charge in [-0.3, -0.25) is 4.79 Å². The molecule has 1 aromatic rings. The zero-order chi connectivity index (χ0) is 15.0. The number of hydrogen-bond acceptors (Lipinski definition) is 2. The lowest BCUT2D eigenvalue weighted by Gasteiger charge is -2.08. The number of rotatable bonds is 6. The summed E-state index contributed by atoms with van der Waals surface area (Å²) >= 11 is 0. The Morgan fingerprint density at radius 3 is 2.50 bits per heavy atom. The average molecular weight is 276 g/mol. The topological polar surface area (TPSA) is 79.5 Å². The fourth-order valence-corrected chi connectivity index (χ4v) is 1.66. The molecule has 1 amide bonds. The van der Waals surface area contributed by atoms with Crippen LogP contribution in [-0.4, -0.2) is 17.9 Å². The van der Waals surface area contributed by atoms with E-state index in [9.17, 15) is 4.79 Å². The summed E-state index contributed by atoms with van der Waals surface area (Å²) in [5.74, 6) is 0.490. The van der Waals surface area contributed by atoms with Gasteiger partial charge in [0, 0.05) is 18.2 Å². The van der Waals surface area contributed by atoms with Crippen molar-refractivity contribution in [3.63, 3.8) is 0 Å². The zero-order valence-corrected chi connectivity index (χ0v) is 12.4. The van der Waals surface area contributed by atoms with Crippen LogP contribution >= 0.6 is 0 Å². The molecule has 0 radical (unpaired) electrons. The van der Waals surface area contributed by atoms with E-state index in [0.29, 0.717) is 18.9 Å². The summed E-state index contributed by atoms with van der Waals surface area (Å²) < 4.78 is 0. The maximum Gasteiger partial charge on any atom is 0.224 e. The molecule has 0 bridgehead atoms. The van der Waals surface area contributed by atoms with E-state index in [0.717, 1.165) is 17.7 Å².